The fraction of sp³-hybridized carbons (Fsp3) is 0.250. The van der Waals surface area contributed by atoms with Crippen LogP contribution in [-0.2, 0) is 6.61 Å². The zero-order chi connectivity index (χ0) is 14.5. The first-order valence-corrected chi connectivity index (χ1v) is 6.91. The fourth-order valence-corrected chi connectivity index (χ4v) is 2.06. The number of nitrogens with two attached hydrogens (primary N) is 1. The summed E-state index contributed by atoms with van der Waals surface area (Å²) in [4.78, 5) is 0. The van der Waals surface area contributed by atoms with Crippen LogP contribution < -0.4 is 10.5 Å². The highest BCUT2D eigenvalue weighted by Crippen LogP contribution is 2.21. The molecule has 2 aromatic carbocycles. The first-order chi connectivity index (χ1) is 9.61. The second kappa shape index (κ2) is 6.73. The van der Waals surface area contributed by atoms with Crippen molar-refractivity contribution >= 4 is 11.6 Å². The molecule has 0 bridgehead atoms. The highest BCUT2D eigenvalue weighted by Gasteiger charge is 2.07. The number of hydrogen-bond donors (Lipinski definition) is 1. The molecule has 0 amide bonds. The van der Waals surface area contributed by atoms with Crippen molar-refractivity contribution in [3.8, 4) is 5.75 Å². The van der Waals surface area contributed by atoms with Gasteiger partial charge in [-0.05, 0) is 30.2 Å². The van der Waals surface area contributed by atoms with Crippen LogP contribution in [0.1, 0.15) is 30.5 Å². The van der Waals surface area contributed by atoms with Crippen LogP contribution in [0.4, 0.5) is 4.39 Å². The van der Waals surface area contributed by atoms with Crippen molar-refractivity contribution in [2.24, 2.45) is 5.73 Å². The molecule has 0 aliphatic heterocycles. The van der Waals surface area contributed by atoms with Gasteiger partial charge in [0.2, 0.25) is 0 Å². The Morgan fingerprint density at radius 3 is 2.55 bits per heavy atom. The lowest BCUT2D eigenvalue weighted by Crippen LogP contribution is -2.08. The summed E-state index contributed by atoms with van der Waals surface area (Å²) >= 11 is 5.72. The highest BCUT2D eigenvalue weighted by molar-refractivity contribution is 6.30. The minimum Gasteiger partial charge on any atom is -0.489 e. The van der Waals surface area contributed by atoms with Crippen LogP contribution >= 0.6 is 11.6 Å². The summed E-state index contributed by atoms with van der Waals surface area (Å²) in [6.07, 6.45) is 0.883. The summed E-state index contributed by atoms with van der Waals surface area (Å²) in [6, 6.07) is 12.4. The molecule has 0 aliphatic carbocycles. The molecule has 0 unspecified atom stereocenters. The minimum absolute atomic E-state index is 0.0365. The van der Waals surface area contributed by atoms with Gasteiger partial charge in [-0.2, -0.15) is 0 Å². The quantitative estimate of drug-likeness (QED) is 0.883. The van der Waals surface area contributed by atoms with Crippen molar-refractivity contribution in [3.63, 3.8) is 0 Å². The van der Waals surface area contributed by atoms with E-state index in [9.17, 15) is 4.39 Å². The molecule has 2 aromatic rings. The van der Waals surface area contributed by atoms with Crippen molar-refractivity contribution < 1.29 is 9.13 Å². The van der Waals surface area contributed by atoms with Crippen LogP contribution in [0, 0.1) is 5.82 Å². The molecule has 0 aliphatic rings. The zero-order valence-corrected chi connectivity index (χ0v) is 12.0. The van der Waals surface area contributed by atoms with Crippen LogP contribution in [0.25, 0.3) is 0 Å². The summed E-state index contributed by atoms with van der Waals surface area (Å²) in [6.45, 7) is 2.18. The zero-order valence-electron chi connectivity index (χ0n) is 11.3. The van der Waals surface area contributed by atoms with Crippen molar-refractivity contribution in [2.75, 3.05) is 0 Å². The van der Waals surface area contributed by atoms with Crippen molar-refractivity contribution in [1.82, 2.24) is 0 Å². The number of hydrogen-bond acceptors (Lipinski definition) is 2. The molecule has 2 nitrogen and oxygen atoms in total. The van der Waals surface area contributed by atoms with E-state index >= 15 is 0 Å². The first kappa shape index (κ1) is 14.8. The molecule has 0 saturated heterocycles. The molecular formula is C16H17ClFNO. The Morgan fingerprint density at radius 1 is 1.20 bits per heavy atom. The summed E-state index contributed by atoms with van der Waals surface area (Å²) in [5.74, 6) is 0.246. The minimum atomic E-state index is -0.432. The van der Waals surface area contributed by atoms with Crippen LogP contribution in [0.3, 0.4) is 0 Å². The first-order valence-electron chi connectivity index (χ1n) is 6.53. The second-order valence-corrected chi connectivity index (χ2v) is 4.99. The Balaban J connectivity index is 2.02. The Hall–Kier alpha value is -1.58. The predicted molar refractivity (Wildman–Crippen MR) is 79.4 cm³/mol. The number of rotatable bonds is 5. The molecule has 0 fully saturated rings. The Morgan fingerprint density at radius 2 is 1.90 bits per heavy atom. The number of halogens is 2. The van der Waals surface area contributed by atoms with E-state index in [1.54, 1.807) is 12.1 Å². The Bertz CT molecular complexity index is 571. The van der Waals surface area contributed by atoms with Gasteiger partial charge >= 0.3 is 0 Å². The van der Waals surface area contributed by atoms with Crippen molar-refractivity contribution in [3.05, 3.63) is 64.4 Å². The van der Waals surface area contributed by atoms with E-state index < -0.39 is 5.82 Å². The van der Waals surface area contributed by atoms with Crippen LogP contribution in [0.5, 0.6) is 5.75 Å². The van der Waals surface area contributed by atoms with Gasteiger partial charge in [0.05, 0.1) is 5.02 Å². The van der Waals surface area contributed by atoms with Crippen LogP contribution in [-0.4, -0.2) is 0 Å². The summed E-state index contributed by atoms with van der Waals surface area (Å²) in [5.41, 5.74) is 7.44. The third kappa shape index (κ3) is 3.50. The topological polar surface area (TPSA) is 35.2 Å². The molecule has 106 valence electrons. The van der Waals surface area contributed by atoms with Crippen LogP contribution in [0.2, 0.25) is 5.02 Å². The summed E-state index contributed by atoms with van der Waals surface area (Å²) in [7, 11) is 0. The molecule has 0 spiro atoms. The molecule has 0 aromatic heterocycles. The van der Waals surface area contributed by atoms with E-state index in [0.29, 0.717) is 11.3 Å². The molecule has 0 heterocycles. The normalized spacial score (nSPS) is 12.2. The van der Waals surface area contributed by atoms with E-state index in [0.717, 1.165) is 12.0 Å². The maximum atomic E-state index is 13.7. The molecule has 4 heteroatoms. The summed E-state index contributed by atoms with van der Waals surface area (Å²) in [5, 5.41) is 0.107. The van der Waals surface area contributed by atoms with E-state index in [-0.39, 0.29) is 17.7 Å². The van der Waals surface area contributed by atoms with Crippen LogP contribution in [0.15, 0.2) is 42.5 Å². The molecule has 1 atom stereocenters. The van der Waals surface area contributed by atoms with E-state index in [4.69, 9.17) is 22.1 Å². The SMILES string of the molecule is CC[C@H](N)c1ccc(OCc2cccc(Cl)c2F)cc1. The van der Waals surface area contributed by atoms with E-state index in [2.05, 4.69) is 0 Å². The van der Waals surface area contributed by atoms with Gasteiger partial charge < -0.3 is 10.5 Å². The lowest BCUT2D eigenvalue weighted by Gasteiger charge is -2.11. The van der Waals surface area contributed by atoms with Gasteiger partial charge in [-0.25, -0.2) is 4.39 Å². The molecule has 20 heavy (non-hydrogen) atoms. The smallest absolute Gasteiger partial charge is 0.148 e. The van der Waals surface area contributed by atoms with E-state index in [1.807, 2.05) is 31.2 Å². The van der Waals surface area contributed by atoms with E-state index in [1.165, 1.54) is 6.07 Å². The van der Waals surface area contributed by atoms with Crippen molar-refractivity contribution in [2.45, 2.75) is 26.0 Å². The highest BCUT2D eigenvalue weighted by atomic mass is 35.5. The van der Waals surface area contributed by atoms with Gasteiger partial charge in [0.15, 0.2) is 0 Å². The summed E-state index contributed by atoms with van der Waals surface area (Å²) < 4.78 is 19.2. The second-order valence-electron chi connectivity index (χ2n) is 4.59. The molecule has 2 N–H and O–H groups in total. The fourth-order valence-electron chi connectivity index (χ4n) is 1.87. The molecular weight excluding hydrogens is 277 g/mol. The van der Waals surface area contributed by atoms with Gasteiger partial charge in [0, 0.05) is 11.6 Å². The van der Waals surface area contributed by atoms with Gasteiger partial charge in [-0.1, -0.05) is 42.8 Å². The Labute approximate surface area is 123 Å². The standard InChI is InChI=1S/C16H17ClFNO/c1-2-15(19)11-6-8-13(9-7-11)20-10-12-4-3-5-14(17)16(12)18/h3-9,15H,2,10,19H2,1H3/t15-/m0/s1. The lowest BCUT2D eigenvalue weighted by molar-refractivity contribution is 0.299. The largest absolute Gasteiger partial charge is 0.489 e. The lowest BCUT2D eigenvalue weighted by atomic mass is 10.1. The molecule has 2 rings (SSSR count). The maximum Gasteiger partial charge on any atom is 0.148 e. The van der Waals surface area contributed by atoms with Gasteiger partial charge in [0.1, 0.15) is 18.2 Å². The number of ether oxygens (including phenoxy) is 1. The monoisotopic (exact) mass is 293 g/mol. The van der Waals surface area contributed by atoms with Gasteiger partial charge in [0.25, 0.3) is 0 Å². The molecule has 0 saturated carbocycles. The molecule has 0 radical (unpaired) electrons. The van der Waals surface area contributed by atoms with Gasteiger partial charge in [-0.3, -0.25) is 0 Å². The predicted octanol–water partition coefficient (Wildman–Crippen LogP) is 4.47. The maximum absolute atomic E-state index is 13.7. The third-order valence-electron chi connectivity index (χ3n) is 3.17. The third-order valence-corrected chi connectivity index (χ3v) is 3.47. The average Bonchev–Trinajstić information content (AvgIpc) is 2.48. The Kier molecular flexibility index (Phi) is 4.99. The van der Waals surface area contributed by atoms with Crippen molar-refractivity contribution in [1.29, 1.82) is 0 Å². The number of benzene rings is 2. The average molecular weight is 294 g/mol. The van der Waals surface area contributed by atoms with Gasteiger partial charge in [-0.15, -0.1) is 0 Å².